The smallest absolute Gasteiger partial charge is 0.314 e. The number of hydrogen-bond donors (Lipinski definition) is 1. The fourth-order valence-corrected chi connectivity index (χ4v) is 5.86. The third kappa shape index (κ3) is 2.42. The zero-order chi connectivity index (χ0) is 17.4. The number of hydrogen-bond acceptors (Lipinski definition) is 4. The number of benzene rings is 2. The molecule has 0 radical (unpaired) electrons. The number of methoxy groups -OCH3 is 1. The van der Waals surface area contributed by atoms with E-state index in [-0.39, 0.29) is 11.5 Å². The van der Waals surface area contributed by atoms with Gasteiger partial charge in [0.15, 0.2) is 9.84 Å². The predicted octanol–water partition coefficient (Wildman–Crippen LogP) is 2.34. The van der Waals surface area contributed by atoms with Gasteiger partial charge in [0.2, 0.25) is 0 Å². The molecule has 3 rings (SSSR count). The van der Waals surface area contributed by atoms with Gasteiger partial charge in [-0.1, -0.05) is 48.5 Å². The van der Waals surface area contributed by atoms with Crippen LogP contribution in [0.2, 0.25) is 0 Å². The summed E-state index contributed by atoms with van der Waals surface area (Å²) in [6, 6.07) is 16.9. The number of carboxylic acids is 1. The SMILES string of the molecule is COCC1(C(=O)O)C(c2ccccc2)C1S(=O)(=O)c1ccccc1. The number of aliphatic carboxylic acids is 1. The van der Waals surface area contributed by atoms with E-state index in [4.69, 9.17) is 4.74 Å². The molecule has 2 aromatic rings. The number of rotatable bonds is 6. The second-order valence-electron chi connectivity index (χ2n) is 5.95. The molecule has 0 saturated heterocycles. The van der Waals surface area contributed by atoms with Crippen LogP contribution in [0.1, 0.15) is 11.5 Å². The van der Waals surface area contributed by atoms with E-state index >= 15 is 0 Å². The van der Waals surface area contributed by atoms with Crippen molar-refractivity contribution in [2.24, 2.45) is 5.41 Å². The second-order valence-corrected chi connectivity index (χ2v) is 8.01. The maximum atomic E-state index is 13.1. The van der Waals surface area contributed by atoms with Gasteiger partial charge in [0.1, 0.15) is 5.41 Å². The molecule has 0 spiro atoms. The summed E-state index contributed by atoms with van der Waals surface area (Å²) >= 11 is 0. The summed E-state index contributed by atoms with van der Waals surface area (Å²) in [4.78, 5) is 12.1. The van der Waals surface area contributed by atoms with E-state index in [2.05, 4.69) is 0 Å². The Bertz CT molecular complexity index is 832. The van der Waals surface area contributed by atoms with Crippen molar-refractivity contribution in [3.8, 4) is 0 Å². The van der Waals surface area contributed by atoms with Crippen molar-refractivity contribution >= 4 is 15.8 Å². The van der Waals surface area contributed by atoms with Gasteiger partial charge in [-0.2, -0.15) is 0 Å². The molecular weight excluding hydrogens is 328 g/mol. The first-order valence-corrected chi connectivity index (χ1v) is 9.07. The predicted molar refractivity (Wildman–Crippen MR) is 88.5 cm³/mol. The standard InChI is InChI=1S/C18H18O5S/c1-23-12-18(17(19)20)15(13-8-4-2-5-9-13)16(18)24(21,22)14-10-6-3-7-11-14/h2-11,15-16H,12H2,1H3,(H,19,20). The van der Waals surface area contributed by atoms with Gasteiger partial charge >= 0.3 is 5.97 Å². The van der Waals surface area contributed by atoms with Crippen molar-refractivity contribution < 1.29 is 23.1 Å². The first kappa shape index (κ1) is 16.7. The van der Waals surface area contributed by atoms with Gasteiger partial charge in [0.25, 0.3) is 0 Å². The summed E-state index contributed by atoms with van der Waals surface area (Å²) in [5, 5.41) is 8.75. The molecule has 3 atom stereocenters. The van der Waals surface area contributed by atoms with Crippen molar-refractivity contribution in [2.45, 2.75) is 16.1 Å². The Labute approximate surface area is 140 Å². The van der Waals surface area contributed by atoms with Crippen molar-refractivity contribution in [3.05, 3.63) is 66.2 Å². The fraction of sp³-hybridized carbons (Fsp3) is 0.278. The van der Waals surface area contributed by atoms with Crippen LogP contribution in [0.5, 0.6) is 0 Å². The summed E-state index contributed by atoms with van der Waals surface area (Å²) in [7, 11) is -2.41. The van der Waals surface area contributed by atoms with Crippen LogP contribution >= 0.6 is 0 Å². The molecule has 0 bridgehead atoms. The van der Waals surface area contributed by atoms with E-state index in [1.54, 1.807) is 42.5 Å². The van der Waals surface area contributed by atoms with Crippen LogP contribution in [0.25, 0.3) is 0 Å². The van der Waals surface area contributed by atoms with E-state index in [0.717, 1.165) is 0 Å². The van der Waals surface area contributed by atoms with Gasteiger partial charge in [0, 0.05) is 13.0 Å². The van der Waals surface area contributed by atoms with E-state index in [1.807, 2.05) is 6.07 Å². The molecule has 2 aromatic carbocycles. The lowest BCUT2D eigenvalue weighted by Gasteiger charge is -2.12. The zero-order valence-electron chi connectivity index (χ0n) is 13.1. The molecule has 1 N–H and O–H groups in total. The summed E-state index contributed by atoms with van der Waals surface area (Å²) in [6.07, 6.45) is 0. The van der Waals surface area contributed by atoms with Gasteiger partial charge in [-0.25, -0.2) is 8.42 Å². The van der Waals surface area contributed by atoms with Crippen LogP contribution in [0.4, 0.5) is 0 Å². The first-order valence-electron chi connectivity index (χ1n) is 7.52. The Morgan fingerprint density at radius 3 is 2.12 bits per heavy atom. The average molecular weight is 346 g/mol. The van der Waals surface area contributed by atoms with E-state index in [1.165, 1.54) is 19.2 Å². The quantitative estimate of drug-likeness (QED) is 0.868. The largest absolute Gasteiger partial charge is 0.481 e. The van der Waals surface area contributed by atoms with Gasteiger partial charge in [-0.3, -0.25) is 4.79 Å². The minimum atomic E-state index is -3.80. The second kappa shape index (κ2) is 6.03. The molecule has 5 nitrogen and oxygen atoms in total. The number of carbonyl (C=O) groups is 1. The number of sulfone groups is 1. The van der Waals surface area contributed by atoms with Crippen molar-refractivity contribution in [1.82, 2.24) is 0 Å². The Morgan fingerprint density at radius 1 is 1.08 bits per heavy atom. The Hall–Kier alpha value is -2.18. The van der Waals surface area contributed by atoms with Crippen molar-refractivity contribution in [1.29, 1.82) is 0 Å². The maximum absolute atomic E-state index is 13.1. The molecule has 1 aliphatic carbocycles. The molecule has 1 saturated carbocycles. The van der Waals surface area contributed by atoms with Crippen molar-refractivity contribution in [2.75, 3.05) is 13.7 Å². The highest BCUT2D eigenvalue weighted by Gasteiger charge is 2.76. The van der Waals surface area contributed by atoms with E-state index in [9.17, 15) is 18.3 Å². The highest BCUT2D eigenvalue weighted by Crippen LogP contribution is 2.64. The highest BCUT2D eigenvalue weighted by atomic mass is 32.2. The van der Waals surface area contributed by atoms with Crippen molar-refractivity contribution in [3.63, 3.8) is 0 Å². The van der Waals surface area contributed by atoms with Gasteiger partial charge in [-0.05, 0) is 17.7 Å². The van der Waals surface area contributed by atoms with Gasteiger partial charge in [-0.15, -0.1) is 0 Å². The minimum Gasteiger partial charge on any atom is -0.481 e. The molecule has 0 heterocycles. The average Bonchev–Trinajstić information content (AvgIpc) is 3.28. The zero-order valence-corrected chi connectivity index (χ0v) is 13.9. The first-order chi connectivity index (χ1) is 11.5. The fourth-order valence-electron chi connectivity index (χ4n) is 3.48. The summed E-state index contributed by atoms with van der Waals surface area (Å²) in [5.74, 6) is -1.79. The summed E-state index contributed by atoms with van der Waals surface area (Å²) in [6.45, 7) is -0.154. The van der Waals surface area contributed by atoms with Crippen LogP contribution in [-0.2, 0) is 19.4 Å². The lowest BCUT2D eigenvalue weighted by molar-refractivity contribution is -0.145. The molecule has 6 heteroatoms. The molecule has 126 valence electrons. The molecular formula is C18H18O5S. The lowest BCUT2D eigenvalue weighted by Crippen LogP contribution is -2.28. The summed E-state index contributed by atoms with van der Waals surface area (Å²) < 4.78 is 31.2. The Balaban J connectivity index is 2.12. The summed E-state index contributed by atoms with van der Waals surface area (Å²) in [5.41, 5.74) is -0.772. The van der Waals surface area contributed by atoms with Crippen LogP contribution in [0.3, 0.4) is 0 Å². The van der Waals surface area contributed by atoms with Crippen LogP contribution < -0.4 is 0 Å². The lowest BCUT2D eigenvalue weighted by atomic mass is 10.0. The van der Waals surface area contributed by atoms with Gasteiger partial charge in [0.05, 0.1) is 16.8 Å². The molecule has 24 heavy (non-hydrogen) atoms. The topological polar surface area (TPSA) is 80.7 Å². The van der Waals surface area contributed by atoms with Crippen LogP contribution in [-0.4, -0.2) is 38.5 Å². The Kier molecular flexibility index (Phi) is 4.19. The highest BCUT2D eigenvalue weighted by molar-refractivity contribution is 7.92. The molecule has 0 aliphatic heterocycles. The van der Waals surface area contributed by atoms with Crippen LogP contribution in [0.15, 0.2) is 65.6 Å². The maximum Gasteiger partial charge on any atom is 0.314 e. The minimum absolute atomic E-state index is 0.134. The molecule has 0 aromatic heterocycles. The molecule has 3 unspecified atom stereocenters. The Morgan fingerprint density at radius 2 is 1.62 bits per heavy atom. The van der Waals surface area contributed by atoms with Crippen LogP contribution in [0, 0.1) is 5.41 Å². The van der Waals surface area contributed by atoms with Gasteiger partial charge < -0.3 is 9.84 Å². The van der Waals surface area contributed by atoms with E-state index in [0.29, 0.717) is 5.56 Å². The number of carboxylic acid groups (broad SMARTS) is 1. The molecule has 1 aliphatic rings. The monoisotopic (exact) mass is 346 g/mol. The number of ether oxygens (including phenoxy) is 1. The molecule has 1 fully saturated rings. The third-order valence-electron chi connectivity index (χ3n) is 4.60. The third-order valence-corrected chi connectivity index (χ3v) is 6.89. The molecule has 0 amide bonds. The normalized spacial score (nSPS) is 26.0. The van der Waals surface area contributed by atoms with E-state index < -0.39 is 32.4 Å².